The maximum absolute atomic E-state index is 13.5. The monoisotopic (exact) mass is 647 g/mol. The first-order valence-corrected chi connectivity index (χ1v) is 15.4. The third kappa shape index (κ3) is 8.89. The van der Waals surface area contributed by atoms with Gasteiger partial charge in [-0.1, -0.05) is 66.5 Å². The molecule has 0 saturated heterocycles. The molecule has 0 radical (unpaired) electrons. The van der Waals surface area contributed by atoms with Gasteiger partial charge in [-0.25, -0.2) is 0 Å². The number of thioether (sulfide) groups is 1. The summed E-state index contributed by atoms with van der Waals surface area (Å²) in [4.78, 5) is 40.4. The van der Waals surface area contributed by atoms with Crippen LogP contribution in [0.5, 0.6) is 5.75 Å². The first-order valence-electron chi connectivity index (χ1n) is 13.7. The van der Waals surface area contributed by atoms with E-state index in [2.05, 4.69) is 16.0 Å². The summed E-state index contributed by atoms with van der Waals surface area (Å²) in [6.45, 7) is 3.78. The molecule has 1 unspecified atom stereocenters. The van der Waals surface area contributed by atoms with Gasteiger partial charge in [-0.2, -0.15) is 0 Å². The van der Waals surface area contributed by atoms with Crippen molar-refractivity contribution >= 4 is 70.1 Å². The van der Waals surface area contributed by atoms with E-state index in [4.69, 9.17) is 27.9 Å². The van der Waals surface area contributed by atoms with Crippen molar-refractivity contribution in [2.45, 2.75) is 30.4 Å². The lowest BCUT2D eigenvalue weighted by Crippen LogP contribution is -2.30. The molecule has 226 valence electrons. The number of hydrogen-bond acceptors (Lipinski definition) is 5. The molecule has 0 bridgehead atoms. The topological polar surface area (TPSA) is 96.5 Å². The van der Waals surface area contributed by atoms with Gasteiger partial charge in [0.1, 0.15) is 11.4 Å². The van der Waals surface area contributed by atoms with E-state index in [9.17, 15) is 14.4 Å². The van der Waals surface area contributed by atoms with Gasteiger partial charge in [0.2, 0.25) is 5.91 Å². The van der Waals surface area contributed by atoms with Crippen molar-refractivity contribution in [2.24, 2.45) is 0 Å². The number of nitrogens with one attached hydrogen (secondary N) is 3. The van der Waals surface area contributed by atoms with Gasteiger partial charge in [-0.3, -0.25) is 14.4 Å². The molecular weight excluding hydrogens is 617 g/mol. The van der Waals surface area contributed by atoms with Gasteiger partial charge in [0.05, 0.1) is 18.0 Å². The molecule has 0 aliphatic rings. The molecule has 0 fully saturated rings. The van der Waals surface area contributed by atoms with Crippen LogP contribution in [0.1, 0.15) is 34.8 Å². The SMILES string of the molecule is CCC(Sc1cccc(NC(=O)/C(=C/c2cccc(Cl)c2)NC(=O)c2ccccc2)c1)C(=O)Nc1cc(C)c(Cl)cc1OC. The van der Waals surface area contributed by atoms with E-state index in [-0.39, 0.29) is 11.6 Å². The number of benzene rings is 4. The van der Waals surface area contributed by atoms with Crippen LogP contribution < -0.4 is 20.7 Å². The molecule has 3 amide bonds. The summed E-state index contributed by atoms with van der Waals surface area (Å²) < 4.78 is 5.39. The Balaban J connectivity index is 1.51. The number of anilines is 2. The molecular formula is C34H31Cl2N3O4S. The molecule has 0 spiro atoms. The summed E-state index contributed by atoms with van der Waals surface area (Å²) >= 11 is 13.7. The van der Waals surface area contributed by atoms with E-state index >= 15 is 0 Å². The molecule has 4 rings (SSSR count). The fourth-order valence-corrected chi connectivity index (χ4v) is 5.55. The lowest BCUT2D eigenvalue weighted by atomic mass is 10.1. The number of carbonyl (C=O) groups is 3. The van der Waals surface area contributed by atoms with E-state index in [1.165, 1.54) is 18.9 Å². The van der Waals surface area contributed by atoms with Crippen LogP contribution in [0.2, 0.25) is 10.0 Å². The van der Waals surface area contributed by atoms with Gasteiger partial charge in [-0.05, 0) is 79.1 Å². The molecule has 4 aromatic carbocycles. The number of rotatable bonds is 11. The van der Waals surface area contributed by atoms with Gasteiger partial charge in [0.15, 0.2) is 0 Å². The Morgan fingerprint density at radius 3 is 2.36 bits per heavy atom. The molecule has 0 aromatic heterocycles. The van der Waals surface area contributed by atoms with Gasteiger partial charge < -0.3 is 20.7 Å². The molecule has 10 heteroatoms. The van der Waals surface area contributed by atoms with E-state index in [0.717, 1.165) is 10.5 Å². The first kappa shape index (κ1) is 32.7. The highest BCUT2D eigenvalue weighted by atomic mass is 35.5. The van der Waals surface area contributed by atoms with Crippen molar-refractivity contribution in [3.63, 3.8) is 0 Å². The van der Waals surface area contributed by atoms with Crippen LogP contribution in [0.15, 0.2) is 102 Å². The summed E-state index contributed by atoms with van der Waals surface area (Å²) in [6, 6.07) is 26.2. The van der Waals surface area contributed by atoms with Gasteiger partial charge in [0.25, 0.3) is 11.8 Å². The van der Waals surface area contributed by atoms with E-state index in [1.54, 1.807) is 91.0 Å². The Labute approximate surface area is 271 Å². The Morgan fingerprint density at radius 1 is 0.909 bits per heavy atom. The zero-order valence-electron chi connectivity index (χ0n) is 24.3. The maximum atomic E-state index is 13.5. The van der Waals surface area contributed by atoms with Crippen LogP contribution >= 0.6 is 35.0 Å². The fraction of sp³-hybridized carbons (Fsp3) is 0.147. The zero-order valence-corrected chi connectivity index (χ0v) is 26.6. The molecule has 3 N–H and O–H groups in total. The van der Waals surface area contributed by atoms with Crippen LogP contribution in [0.3, 0.4) is 0 Å². The van der Waals surface area contributed by atoms with Gasteiger partial charge >= 0.3 is 0 Å². The summed E-state index contributed by atoms with van der Waals surface area (Å²) in [5.41, 5.74) is 2.94. The van der Waals surface area contributed by atoms with Gasteiger partial charge in [0, 0.05) is 32.3 Å². The maximum Gasteiger partial charge on any atom is 0.272 e. The number of carbonyl (C=O) groups excluding carboxylic acids is 3. The van der Waals surface area contributed by atoms with Crippen LogP contribution in [0.4, 0.5) is 11.4 Å². The molecule has 1 atom stereocenters. The minimum atomic E-state index is -0.522. The third-order valence-electron chi connectivity index (χ3n) is 6.46. The highest BCUT2D eigenvalue weighted by Crippen LogP contribution is 2.33. The molecule has 0 aliphatic heterocycles. The Morgan fingerprint density at radius 2 is 1.66 bits per heavy atom. The Bertz CT molecular complexity index is 1700. The Kier molecular flexibility index (Phi) is 11.5. The highest BCUT2D eigenvalue weighted by Gasteiger charge is 2.21. The quantitative estimate of drug-likeness (QED) is 0.113. The summed E-state index contributed by atoms with van der Waals surface area (Å²) in [6.07, 6.45) is 2.12. The lowest BCUT2D eigenvalue weighted by Gasteiger charge is -2.18. The lowest BCUT2D eigenvalue weighted by molar-refractivity contribution is -0.116. The number of aryl methyl sites for hydroxylation is 1. The molecule has 44 heavy (non-hydrogen) atoms. The predicted octanol–water partition coefficient (Wildman–Crippen LogP) is 8.23. The summed E-state index contributed by atoms with van der Waals surface area (Å²) in [7, 11) is 1.52. The average molecular weight is 649 g/mol. The minimum Gasteiger partial charge on any atom is -0.495 e. The highest BCUT2D eigenvalue weighted by molar-refractivity contribution is 8.00. The van der Waals surface area contributed by atoms with E-state index in [0.29, 0.717) is 44.7 Å². The van der Waals surface area contributed by atoms with Crippen molar-refractivity contribution in [3.05, 3.63) is 123 Å². The average Bonchev–Trinajstić information content (AvgIpc) is 3.01. The van der Waals surface area contributed by atoms with Gasteiger partial charge in [-0.15, -0.1) is 11.8 Å². The second-order valence-corrected chi connectivity index (χ2v) is 11.8. The van der Waals surface area contributed by atoms with Crippen molar-refractivity contribution < 1.29 is 19.1 Å². The van der Waals surface area contributed by atoms with Crippen molar-refractivity contribution in [2.75, 3.05) is 17.7 Å². The van der Waals surface area contributed by atoms with Crippen molar-refractivity contribution in [1.82, 2.24) is 5.32 Å². The first-order chi connectivity index (χ1) is 21.2. The number of halogens is 2. The second kappa shape index (κ2) is 15.5. The van der Waals surface area contributed by atoms with Crippen molar-refractivity contribution in [1.29, 1.82) is 0 Å². The van der Waals surface area contributed by atoms with Crippen LogP contribution in [-0.4, -0.2) is 30.1 Å². The van der Waals surface area contributed by atoms with Crippen molar-refractivity contribution in [3.8, 4) is 5.75 Å². The summed E-state index contributed by atoms with van der Waals surface area (Å²) in [5.74, 6) is -0.670. The van der Waals surface area contributed by atoms with Crippen LogP contribution in [-0.2, 0) is 9.59 Å². The number of ether oxygens (including phenoxy) is 1. The fourth-order valence-electron chi connectivity index (χ4n) is 4.18. The number of hydrogen-bond donors (Lipinski definition) is 3. The number of amides is 3. The van der Waals surface area contributed by atoms with E-state index < -0.39 is 17.1 Å². The standard InChI is InChI=1S/C34H31Cl2N3O4S/c1-4-31(34(42)38-28-16-21(2)27(36)20-30(28)43-3)44-26-15-9-14-25(19-26)37-33(41)29(18-22-10-8-13-24(35)17-22)39-32(40)23-11-6-5-7-12-23/h5-20,31H,4H2,1-3H3,(H,37,41)(H,38,42)(H,39,40)/b29-18-. The minimum absolute atomic E-state index is 0.0391. The summed E-state index contributed by atoms with van der Waals surface area (Å²) in [5, 5.41) is 9.15. The molecule has 0 heterocycles. The Hall–Kier alpha value is -4.24. The smallest absolute Gasteiger partial charge is 0.272 e. The molecule has 4 aromatic rings. The van der Waals surface area contributed by atoms with Crippen LogP contribution in [0, 0.1) is 6.92 Å². The normalized spacial score (nSPS) is 11.8. The molecule has 0 saturated carbocycles. The zero-order chi connectivity index (χ0) is 31.6. The second-order valence-electron chi connectivity index (χ2n) is 9.72. The van der Waals surface area contributed by atoms with Crippen LogP contribution in [0.25, 0.3) is 6.08 Å². The molecule has 0 aliphatic carbocycles. The largest absolute Gasteiger partial charge is 0.495 e. The van der Waals surface area contributed by atoms with E-state index in [1.807, 2.05) is 19.9 Å². The number of methoxy groups -OCH3 is 1. The predicted molar refractivity (Wildman–Crippen MR) is 180 cm³/mol. The third-order valence-corrected chi connectivity index (χ3v) is 8.46. The molecule has 7 nitrogen and oxygen atoms in total.